The fourth-order valence-corrected chi connectivity index (χ4v) is 0.866. The molecular formula is C4H10AlLiO. The number of rotatable bonds is 2. The molecule has 0 N–H and O–H groups in total. The zero-order chi connectivity index (χ0) is 4.99. The summed E-state index contributed by atoms with van der Waals surface area (Å²) < 4.78 is 10.4. The quantitative estimate of drug-likeness (QED) is 0.355. The van der Waals surface area contributed by atoms with E-state index < -0.39 is 14.5 Å². The largest absolute Gasteiger partial charge is 1.00 e. The Balaban J connectivity index is 0. The molecule has 0 aromatic rings. The van der Waals surface area contributed by atoms with Crippen LogP contribution < -0.4 is 23.0 Å². The average Bonchev–Trinajstić information content (AvgIpc) is 1.65. The van der Waals surface area contributed by atoms with Gasteiger partial charge in [-0.15, -0.1) is 10.6 Å². The van der Waals surface area contributed by atoms with Crippen LogP contribution in [0.15, 0.2) is 0 Å². The molecule has 0 aromatic carbocycles. The fourth-order valence-electron chi connectivity index (χ4n) is 0.289. The number of hydrogen-bond donors (Lipinski definition) is 0. The Kier molecular flexibility index (Phi) is 11.1. The molecule has 3 heteroatoms. The Hall–Kier alpha value is 1.09. The van der Waals surface area contributed by atoms with Gasteiger partial charge in [0.1, 0.15) is 14.5 Å². The first-order valence-corrected chi connectivity index (χ1v) is 4.57. The summed E-state index contributed by atoms with van der Waals surface area (Å²) in [7, 11) is 0. The van der Waals surface area contributed by atoms with Crippen molar-refractivity contribution in [3.8, 4) is 0 Å². The summed E-state index contributed by atoms with van der Waals surface area (Å²) >= 11 is -1.41. The van der Waals surface area contributed by atoms with E-state index in [1.807, 2.05) is 13.8 Å². The van der Waals surface area contributed by atoms with Gasteiger partial charge >= 0.3 is 18.9 Å². The fraction of sp³-hybridized carbons (Fsp3) is 1.00. The Morgan fingerprint density at radius 1 is 1.29 bits per heavy atom. The second-order valence-corrected chi connectivity index (χ2v) is 4.32. The Morgan fingerprint density at radius 2 is 1.57 bits per heavy atom. The van der Waals surface area contributed by atoms with Gasteiger partial charge in [0.2, 0.25) is 0 Å². The van der Waals surface area contributed by atoms with Crippen LogP contribution >= 0.6 is 0 Å². The molecule has 0 aliphatic heterocycles. The minimum absolute atomic E-state index is 0. The topological polar surface area (TPSA) is 23.1 Å². The molecule has 0 atom stereocenters. The van der Waals surface area contributed by atoms with Crippen molar-refractivity contribution < 1.29 is 23.0 Å². The first kappa shape index (κ1) is 11.0. The summed E-state index contributed by atoms with van der Waals surface area (Å²) in [6, 6.07) is 0. The van der Waals surface area contributed by atoms with Crippen molar-refractivity contribution >= 4 is 14.5 Å². The van der Waals surface area contributed by atoms with Crippen LogP contribution in [-0.4, -0.2) is 14.5 Å². The van der Waals surface area contributed by atoms with E-state index in [1.54, 1.807) is 0 Å². The first-order chi connectivity index (χ1) is 2.81. The Morgan fingerprint density at radius 3 is 1.57 bits per heavy atom. The maximum Gasteiger partial charge on any atom is 1.00 e. The van der Waals surface area contributed by atoms with Gasteiger partial charge in [0, 0.05) is 0 Å². The third-order valence-electron chi connectivity index (χ3n) is 0.911. The third-order valence-corrected chi connectivity index (χ3v) is 2.73. The zero-order valence-electron chi connectivity index (χ0n) is 5.40. The molecule has 0 saturated heterocycles. The molecule has 0 aliphatic rings. The third kappa shape index (κ3) is 7.09. The molecule has 0 fully saturated rings. The minimum atomic E-state index is -1.41. The molecule has 0 unspecified atom stereocenters. The smallest absolute Gasteiger partial charge is 0.892 e. The van der Waals surface area contributed by atoms with Crippen molar-refractivity contribution in [1.29, 1.82) is 0 Å². The SMILES string of the molecule is C[CH2][Al]([O-])[CH2]C.[Li+]. The van der Waals surface area contributed by atoms with Crippen molar-refractivity contribution in [2.75, 3.05) is 0 Å². The summed E-state index contributed by atoms with van der Waals surface area (Å²) in [6.45, 7) is 3.96. The molecule has 0 heterocycles. The predicted octanol–water partition coefficient (Wildman–Crippen LogP) is -2.62. The van der Waals surface area contributed by atoms with Crippen LogP contribution in [0.5, 0.6) is 0 Å². The van der Waals surface area contributed by atoms with E-state index in [9.17, 15) is 4.16 Å². The molecule has 0 aromatic heterocycles. The normalized spacial score (nSPS) is 7.29. The van der Waals surface area contributed by atoms with Crippen LogP contribution in [-0.2, 0) is 0 Å². The minimum Gasteiger partial charge on any atom is -0.892 e. The maximum absolute atomic E-state index is 10.4. The average molecular weight is 108 g/mol. The number of hydrogen-bond acceptors (Lipinski definition) is 1. The van der Waals surface area contributed by atoms with Crippen LogP contribution in [0.3, 0.4) is 0 Å². The molecule has 7 heavy (non-hydrogen) atoms. The van der Waals surface area contributed by atoms with Crippen molar-refractivity contribution in [3.05, 3.63) is 0 Å². The van der Waals surface area contributed by atoms with E-state index in [1.165, 1.54) is 0 Å². The summed E-state index contributed by atoms with van der Waals surface area (Å²) in [4.78, 5) is 0. The van der Waals surface area contributed by atoms with Gasteiger partial charge in [-0.3, -0.25) is 0 Å². The Bertz CT molecular complexity index is 30.9. The van der Waals surface area contributed by atoms with E-state index in [0.29, 0.717) is 0 Å². The van der Waals surface area contributed by atoms with Crippen molar-refractivity contribution in [1.82, 2.24) is 0 Å². The van der Waals surface area contributed by atoms with Crippen molar-refractivity contribution in [3.63, 3.8) is 0 Å². The summed E-state index contributed by atoms with van der Waals surface area (Å²) in [6.07, 6.45) is 0. The summed E-state index contributed by atoms with van der Waals surface area (Å²) in [5.74, 6) is 0. The van der Waals surface area contributed by atoms with Gasteiger partial charge in [-0.2, -0.15) is 0 Å². The molecule has 0 rings (SSSR count). The van der Waals surface area contributed by atoms with Gasteiger partial charge in [-0.1, -0.05) is 13.8 Å². The molecular weight excluding hydrogens is 98.0 g/mol. The standard InChI is InChI=1S/2C2H5.Al.Li.O/c2*1-2;;;/h2*1H2,2H3;;;/q;;;+1;-1. The van der Waals surface area contributed by atoms with Crippen LogP contribution in [0.4, 0.5) is 0 Å². The van der Waals surface area contributed by atoms with Gasteiger partial charge in [-0.25, -0.2) is 0 Å². The van der Waals surface area contributed by atoms with Crippen LogP contribution in [0.1, 0.15) is 13.8 Å². The van der Waals surface area contributed by atoms with Gasteiger partial charge < -0.3 is 4.16 Å². The molecule has 0 bridgehead atoms. The molecule has 0 amide bonds. The van der Waals surface area contributed by atoms with Crippen molar-refractivity contribution in [2.24, 2.45) is 0 Å². The maximum atomic E-state index is 10.4. The van der Waals surface area contributed by atoms with E-state index >= 15 is 0 Å². The summed E-state index contributed by atoms with van der Waals surface area (Å²) in [5, 5.41) is 1.83. The predicted molar refractivity (Wildman–Crippen MR) is 26.7 cm³/mol. The molecule has 36 valence electrons. The van der Waals surface area contributed by atoms with Crippen molar-refractivity contribution in [2.45, 2.75) is 24.4 Å². The van der Waals surface area contributed by atoms with Gasteiger partial charge in [0.25, 0.3) is 0 Å². The van der Waals surface area contributed by atoms with Gasteiger partial charge in [0.05, 0.1) is 0 Å². The van der Waals surface area contributed by atoms with E-state index in [2.05, 4.69) is 0 Å². The van der Waals surface area contributed by atoms with Crippen LogP contribution in [0, 0.1) is 0 Å². The second-order valence-electron chi connectivity index (χ2n) is 1.44. The monoisotopic (exact) mass is 108 g/mol. The second kappa shape index (κ2) is 7.09. The Labute approximate surface area is 62.0 Å². The van der Waals surface area contributed by atoms with E-state index in [-0.39, 0.29) is 18.9 Å². The molecule has 0 spiro atoms. The molecule has 1 nitrogen and oxygen atoms in total. The first-order valence-electron chi connectivity index (χ1n) is 2.47. The van der Waals surface area contributed by atoms with Gasteiger partial charge in [0.15, 0.2) is 0 Å². The molecule has 0 radical (unpaired) electrons. The zero-order valence-corrected chi connectivity index (χ0v) is 6.55. The summed E-state index contributed by atoms with van der Waals surface area (Å²) in [5.41, 5.74) is 0. The molecule has 0 saturated carbocycles. The van der Waals surface area contributed by atoms with E-state index in [4.69, 9.17) is 0 Å². The van der Waals surface area contributed by atoms with Crippen LogP contribution in [0.2, 0.25) is 10.6 Å². The van der Waals surface area contributed by atoms with Crippen LogP contribution in [0.25, 0.3) is 0 Å². The molecule has 0 aliphatic carbocycles. The van der Waals surface area contributed by atoms with E-state index in [0.717, 1.165) is 10.6 Å². The van der Waals surface area contributed by atoms with Gasteiger partial charge in [-0.05, 0) is 0 Å².